The third-order valence-electron chi connectivity index (χ3n) is 4.76. The number of halogens is 1. The van der Waals surface area contributed by atoms with Gasteiger partial charge < -0.3 is 15.1 Å². The number of carbonyl (C=O) groups excluding carboxylic acids is 1. The fourth-order valence-electron chi connectivity index (χ4n) is 3.27. The van der Waals surface area contributed by atoms with E-state index in [-0.39, 0.29) is 29.9 Å². The minimum Gasteiger partial charge on any atom is -0.357 e. The maximum atomic E-state index is 12.6. The Bertz CT molecular complexity index is 819. The van der Waals surface area contributed by atoms with E-state index in [0.29, 0.717) is 19.6 Å². The first kappa shape index (κ1) is 22.2. The van der Waals surface area contributed by atoms with E-state index < -0.39 is 0 Å². The second kappa shape index (κ2) is 10.4. The molecular formula is C20H29IN6O. The van der Waals surface area contributed by atoms with Crippen LogP contribution in [0.25, 0.3) is 0 Å². The van der Waals surface area contributed by atoms with Crippen molar-refractivity contribution in [1.29, 1.82) is 0 Å². The number of guanidine groups is 1. The number of anilines is 1. The first-order valence-electron chi connectivity index (χ1n) is 9.45. The normalized spacial score (nSPS) is 14.8. The molecule has 1 aromatic heterocycles. The van der Waals surface area contributed by atoms with E-state index in [2.05, 4.69) is 41.6 Å². The largest absolute Gasteiger partial charge is 0.357 e. The van der Waals surface area contributed by atoms with Gasteiger partial charge in [-0.3, -0.25) is 14.5 Å². The van der Waals surface area contributed by atoms with Gasteiger partial charge in [-0.25, -0.2) is 0 Å². The summed E-state index contributed by atoms with van der Waals surface area (Å²) >= 11 is 0. The molecule has 1 N–H and O–H groups in total. The highest BCUT2D eigenvalue weighted by molar-refractivity contribution is 14.0. The molecule has 2 aromatic rings. The number of hydrogen-bond donors (Lipinski definition) is 1. The maximum absolute atomic E-state index is 12.6. The van der Waals surface area contributed by atoms with Gasteiger partial charge in [-0.1, -0.05) is 24.3 Å². The van der Waals surface area contributed by atoms with E-state index in [1.54, 1.807) is 15.8 Å². The molecule has 2 heterocycles. The summed E-state index contributed by atoms with van der Waals surface area (Å²) in [6.45, 7) is 7.35. The molecule has 1 aliphatic heterocycles. The Morgan fingerprint density at radius 1 is 1.29 bits per heavy atom. The molecule has 152 valence electrons. The molecular weight excluding hydrogens is 467 g/mol. The number of hydrogen-bond acceptors (Lipinski definition) is 3. The van der Waals surface area contributed by atoms with Crippen molar-refractivity contribution in [1.82, 2.24) is 20.0 Å². The molecule has 7 nitrogen and oxygen atoms in total. The number of aromatic nitrogens is 2. The Kier molecular flexibility index (Phi) is 8.28. The number of amides is 1. The van der Waals surface area contributed by atoms with Crippen molar-refractivity contribution in [3.63, 3.8) is 0 Å². The van der Waals surface area contributed by atoms with Crippen LogP contribution in [-0.4, -0.2) is 59.3 Å². The molecule has 8 heteroatoms. The average Bonchev–Trinajstić information content (AvgIpc) is 3.08. The van der Waals surface area contributed by atoms with E-state index in [4.69, 9.17) is 4.99 Å². The topological polar surface area (TPSA) is 65.8 Å². The third kappa shape index (κ3) is 5.46. The number of nitrogens with one attached hydrogen (secondary N) is 1. The minimum atomic E-state index is 0. The van der Waals surface area contributed by atoms with Crippen LogP contribution in [0.1, 0.15) is 18.1 Å². The van der Waals surface area contributed by atoms with Crippen molar-refractivity contribution in [2.45, 2.75) is 20.3 Å². The van der Waals surface area contributed by atoms with Crippen LogP contribution in [0, 0.1) is 6.92 Å². The summed E-state index contributed by atoms with van der Waals surface area (Å²) in [5.41, 5.74) is 3.45. The minimum absolute atomic E-state index is 0. The summed E-state index contributed by atoms with van der Waals surface area (Å²) in [4.78, 5) is 21.2. The van der Waals surface area contributed by atoms with E-state index in [1.807, 2.05) is 25.1 Å². The predicted octanol–water partition coefficient (Wildman–Crippen LogP) is 2.20. The van der Waals surface area contributed by atoms with Gasteiger partial charge in [0.1, 0.15) is 6.54 Å². The van der Waals surface area contributed by atoms with Crippen LogP contribution in [0.5, 0.6) is 0 Å². The fourth-order valence-corrected chi connectivity index (χ4v) is 3.27. The smallest absolute Gasteiger partial charge is 0.246 e. The lowest BCUT2D eigenvalue weighted by molar-refractivity contribution is -0.120. The number of aryl methyl sites for hydroxylation is 2. The Balaban J connectivity index is 0.00000280. The highest BCUT2D eigenvalue weighted by Gasteiger charge is 2.27. The van der Waals surface area contributed by atoms with Crippen LogP contribution in [-0.2, 0) is 18.3 Å². The van der Waals surface area contributed by atoms with Crippen molar-refractivity contribution in [3.8, 4) is 0 Å². The SMILES string of the molecule is CCNC(=NCCc1ccccc1C)N1CCN(c2cnn(C)c2)C(=O)C1.I. The Hall–Kier alpha value is -2.10. The van der Waals surface area contributed by atoms with Gasteiger partial charge in [0.15, 0.2) is 5.96 Å². The van der Waals surface area contributed by atoms with Crippen molar-refractivity contribution in [2.24, 2.45) is 12.0 Å². The Labute approximate surface area is 183 Å². The lowest BCUT2D eigenvalue weighted by Gasteiger charge is -2.35. The molecule has 1 aromatic carbocycles. The van der Waals surface area contributed by atoms with Crippen LogP contribution in [0.3, 0.4) is 0 Å². The molecule has 28 heavy (non-hydrogen) atoms. The molecule has 1 saturated heterocycles. The number of benzene rings is 1. The van der Waals surface area contributed by atoms with Crippen LogP contribution in [0.2, 0.25) is 0 Å². The standard InChI is InChI=1S/C20H28N6O.HI/c1-4-21-20(22-10-9-17-8-6-5-7-16(17)2)25-11-12-26(19(27)15-25)18-13-23-24(3)14-18;/h5-8,13-14H,4,9-12,15H2,1-3H3,(H,21,22);1H. The summed E-state index contributed by atoms with van der Waals surface area (Å²) < 4.78 is 1.71. The van der Waals surface area contributed by atoms with Gasteiger partial charge in [0.2, 0.25) is 5.91 Å². The molecule has 0 aliphatic carbocycles. The molecule has 0 spiro atoms. The monoisotopic (exact) mass is 496 g/mol. The number of carbonyl (C=O) groups is 1. The highest BCUT2D eigenvalue weighted by Crippen LogP contribution is 2.16. The van der Waals surface area contributed by atoms with Crippen LogP contribution >= 0.6 is 24.0 Å². The van der Waals surface area contributed by atoms with Gasteiger partial charge in [0.25, 0.3) is 0 Å². The summed E-state index contributed by atoms with van der Waals surface area (Å²) in [6, 6.07) is 8.39. The number of rotatable bonds is 5. The number of piperazine rings is 1. The Morgan fingerprint density at radius 3 is 2.71 bits per heavy atom. The second-order valence-corrected chi connectivity index (χ2v) is 6.75. The fraction of sp³-hybridized carbons (Fsp3) is 0.450. The molecule has 1 fully saturated rings. The summed E-state index contributed by atoms with van der Waals surface area (Å²) in [5.74, 6) is 0.879. The molecule has 0 radical (unpaired) electrons. The average molecular weight is 496 g/mol. The lowest BCUT2D eigenvalue weighted by atomic mass is 10.1. The zero-order valence-corrected chi connectivity index (χ0v) is 19.1. The van der Waals surface area contributed by atoms with Gasteiger partial charge in [0.05, 0.1) is 11.9 Å². The summed E-state index contributed by atoms with van der Waals surface area (Å²) in [5, 5.41) is 7.48. The first-order chi connectivity index (χ1) is 13.1. The zero-order chi connectivity index (χ0) is 19.2. The molecule has 0 atom stereocenters. The first-order valence-corrected chi connectivity index (χ1v) is 9.45. The summed E-state index contributed by atoms with van der Waals surface area (Å²) in [6.07, 6.45) is 4.50. The molecule has 1 aliphatic rings. The van der Waals surface area contributed by atoms with Crippen molar-refractivity contribution < 1.29 is 4.79 Å². The number of nitrogens with zero attached hydrogens (tertiary/aromatic N) is 5. The van der Waals surface area contributed by atoms with Gasteiger partial charge >= 0.3 is 0 Å². The van der Waals surface area contributed by atoms with Crippen LogP contribution in [0.4, 0.5) is 5.69 Å². The van der Waals surface area contributed by atoms with E-state index in [1.165, 1.54) is 11.1 Å². The van der Waals surface area contributed by atoms with E-state index in [0.717, 1.165) is 31.2 Å². The highest BCUT2D eigenvalue weighted by atomic mass is 127. The summed E-state index contributed by atoms with van der Waals surface area (Å²) in [7, 11) is 1.86. The van der Waals surface area contributed by atoms with Crippen LogP contribution < -0.4 is 10.2 Å². The quantitative estimate of drug-likeness (QED) is 0.392. The van der Waals surface area contributed by atoms with Crippen molar-refractivity contribution in [3.05, 3.63) is 47.8 Å². The van der Waals surface area contributed by atoms with Gasteiger partial charge in [-0.15, -0.1) is 24.0 Å². The van der Waals surface area contributed by atoms with E-state index in [9.17, 15) is 4.79 Å². The lowest BCUT2D eigenvalue weighted by Crippen LogP contribution is -2.55. The predicted molar refractivity (Wildman–Crippen MR) is 123 cm³/mol. The number of aliphatic imine (C=N–C) groups is 1. The molecule has 0 saturated carbocycles. The third-order valence-corrected chi connectivity index (χ3v) is 4.76. The second-order valence-electron chi connectivity index (χ2n) is 6.75. The molecule has 3 rings (SSSR count). The van der Waals surface area contributed by atoms with Crippen LogP contribution in [0.15, 0.2) is 41.7 Å². The Morgan fingerprint density at radius 2 is 2.07 bits per heavy atom. The van der Waals surface area contributed by atoms with E-state index >= 15 is 0 Å². The van der Waals surface area contributed by atoms with Gasteiger partial charge in [-0.05, 0) is 31.4 Å². The zero-order valence-electron chi connectivity index (χ0n) is 16.8. The maximum Gasteiger partial charge on any atom is 0.246 e. The molecule has 0 unspecified atom stereocenters. The van der Waals surface area contributed by atoms with Gasteiger partial charge in [0, 0.05) is 39.4 Å². The van der Waals surface area contributed by atoms with Gasteiger partial charge in [-0.2, -0.15) is 5.10 Å². The molecule has 1 amide bonds. The molecule has 0 bridgehead atoms. The van der Waals surface area contributed by atoms with Crippen molar-refractivity contribution in [2.75, 3.05) is 37.6 Å². The van der Waals surface area contributed by atoms with Crippen molar-refractivity contribution >= 4 is 41.5 Å².